The van der Waals surface area contributed by atoms with Crippen molar-refractivity contribution in [3.8, 4) is 0 Å². The maximum atomic E-state index is 11.1. The molecule has 0 spiro atoms. The standard InChI is InChI=1S/C10H17NO/c1-8(2)11-10(12)7-6-9-4-3-5-9/h6-9H,3-5H2,1-2H3,(H,11,12)/b7-6+. The highest BCUT2D eigenvalue weighted by atomic mass is 16.1. The third-order valence-corrected chi connectivity index (χ3v) is 2.10. The lowest BCUT2D eigenvalue weighted by Gasteiger charge is -2.21. The molecule has 0 bridgehead atoms. The summed E-state index contributed by atoms with van der Waals surface area (Å²) in [6, 6.07) is 0.239. The van der Waals surface area contributed by atoms with Crippen molar-refractivity contribution in [1.29, 1.82) is 0 Å². The van der Waals surface area contributed by atoms with Gasteiger partial charge in [0.05, 0.1) is 0 Å². The molecule has 0 aliphatic heterocycles. The van der Waals surface area contributed by atoms with E-state index in [-0.39, 0.29) is 11.9 Å². The van der Waals surface area contributed by atoms with Crippen LogP contribution in [0.2, 0.25) is 0 Å². The lowest BCUT2D eigenvalue weighted by molar-refractivity contribution is -0.117. The molecule has 2 nitrogen and oxygen atoms in total. The molecule has 1 rings (SSSR count). The van der Waals surface area contributed by atoms with E-state index in [9.17, 15) is 4.79 Å². The van der Waals surface area contributed by atoms with Crippen LogP contribution < -0.4 is 5.32 Å². The minimum absolute atomic E-state index is 0.0388. The summed E-state index contributed by atoms with van der Waals surface area (Å²) >= 11 is 0. The number of carbonyl (C=O) groups excluding carboxylic acids is 1. The predicted octanol–water partition coefficient (Wildman–Crippen LogP) is 1.87. The van der Waals surface area contributed by atoms with Crippen molar-refractivity contribution in [3.63, 3.8) is 0 Å². The Hall–Kier alpha value is -0.790. The van der Waals surface area contributed by atoms with Crippen molar-refractivity contribution in [2.45, 2.75) is 39.2 Å². The van der Waals surface area contributed by atoms with E-state index in [2.05, 4.69) is 5.32 Å². The Morgan fingerprint density at radius 2 is 2.17 bits per heavy atom. The molecule has 12 heavy (non-hydrogen) atoms. The van der Waals surface area contributed by atoms with E-state index in [0.717, 1.165) is 0 Å². The first-order valence-electron chi connectivity index (χ1n) is 4.67. The third kappa shape index (κ3) is 3.07. The first kappa shape index (κ1) is 9.30. The molecule has 0 aromatic carbocycles. The molecule has 0 atom stereocenters. The van der Waals surface area contributed by atoms with Gasteiger partial charge in [0, 0.05) is 6.04 Å². The summed E-state index contributed by atoms with van der Waals surface area (Å²) in [6.45, 7) is 3.93. The molecule has 1 amide bonds. The fourth-order valence-corrected chi connectivity index (χ4v) is 1.19. The van der Waals surface area contributed by atoms with E-state index < -0.39 is 0 Å². The predicted molar refractivity (Wildman–Crippen MR) is 49.8 cm³/mol. The van der Waals surface area contributed by atoms with Crippen LogP contribution in [0, 0.1) is 5.92 Å². The fourth-order valence-electron chi connectivity index (χ4n) is 1.19. The lowest BCUT2D eigenvalue weighted by atomic mass is 9.85. The Morgan fingerprint density at radius 1 is 1.50 bits per heavy atom. The summed E-state index contributed by atoms with van der Waals surface area (Å²) in [4.78, 5) is 11.1. The molecular weight excluding hydrogens is 150 g/mol. The second-order valence-corrected chi connectivity index (χ2v) is 3.71. The number of carbonyl (C=O) groups is 1. The molecule has 0 radical (unpaired) electrons. The van der Waals surface area contributed by atoms with Gasteiger partial charge in [0.1, 0.15) is 0 Å². The van der Waals surface area contributed by atoms with Crippen molar-refractivity contribution in [2.75, 3.05) is 0 Å². The molecule has 2 heteroatoms. The summed E-state index contributed by atoms with van der Waals surface area (Å²) in [5.41, 5.74) is 0. The summed E-state index contributed by atoms with van der Waals surface area (Å²) < 4.78 is 0. The van der Waals surface area contributed by atoms with Crippen LogP contribution >= 0.6 is 0 Å². The monoisotopic (exact) mass is 167 g/mol. The maximum Gasteiger partial charge on any atom is 0.243 e. The van der Waals surface area contributed by atoms with Crippen LogP contribution in [0.5, 0.6) is 0 Å². The summed E-state index contributed by atoms with van der Waals surface area (Å²) in [5.74, 6) is 0.708. The summed E-state index contributed by atoms with van der Waals surface area (Å²) in [6.07, 6.45) is 7.53. The van der Waals surface area contributed by atoms with E-state index in [1.54, 1.807) is 6.08 Å². The molecule has 1 saturated carbocycles. The maximum absolute atomic E-state index is 11.1. The molecule has 1 N–H and O–H groups in total. The first-order valence-corrected chi connectivity index (χ1v) is 4.67. The Labute approximate surface area is 74.0 Å². The van der Waals surface area contributed by atoms with E-state index in [1.165, 1.54) is 19.3 Å². The topological polar surface area (TPSA) is 29.1 Å². The molecule has 0 heterocycles. The van der Waals surface area contributed by atoms with Gasteiger partial charge in [-0.3, -0.25) is 4.79 Å². The number of hydrogen-bond donors (Lipinski definition) is 1. The SMILES string of the molecule is CC(C)NC(=O)/C=C/C1CCC1. The highest BCUT2D eigenvalue weighted by molar-refractivity contribution is 5.87. The van der Waals surface area contributed by atoms with Crippen LogP contribution in [-0.4, -0.2) is 11.9 Å². The van der Waals surface area contributed by atoms with Crippen LogP contribution in [0.3, 0.4) is 0 Å². The van der Waals surface area contributed by atoms with E-state index >= 15 is 0 Å². The van der Waals surface area contributed by atoms with Gasteiger partial charge in [-0.2, -0.15) is 0 Å². The molecular formula is C10H17NO. The normalized spacial score (nSPS) is 18.2. The Morgan fingerprint density at radius 3 is 2.58 bits per heavy atom. The van der Waals surface area contributed by atoms with Crippen LogP contribution in [0.15, 0.2) is 12.2 Å². The molecule has 1 fully saturated rings. The van der Waals surface area contributed by atoms with Crippen molar-refractivity contribution >= 4 is 5.91 Å². The van der Waals surface area contributed by atoms with Gasteiger partial charge in [-0.1, -0.05) is 12.5 Å². The van der Waals surface area contributed by atoms with Gasteiger partial charge in [0.25, 0.3) is 0 Å². The molecule has 0 unspecified atom stereocenters. The zero-order valence-electron chi connectivity index (χ0n) is 7.84. The largest absolute Gasteiger partial charge is 0.350 e. The van der Waals surface area contributed by atoms with Crippen molar-refractivity contribution < 1.29 is 4.79 Å². The highest BCUT2D eigenvalue weighted by Crippen LogP contribution is 2.27. The van der Waals surface area contributed by atoms with Gasteiger partial charge in [0.15, 0.2) is 0 Å². The molecule has 68 valence electrons. The van der Waals surface area contributed by atoms with Crippen LogP contribution in [0.1, 0.15) is 33.1 Å². The molecule has 0 aromatic rings. The zero-order valence-corrected chi connectivity index (χ0v) is 7.84. The quantitative estimate of drug-likeness (QED) is 0.639. The second kappa shape index (κ2) is 4.29. The van der Waals surface area contributed by atoms with Gasteiger partial charge in [-0.15, -0.1) is 0 Å². The number of amides is 1. The van der Waals surface area contributed by atoms with Crippen molar-refractivity contribution in [3.05, 3.63) is 12.2 Å². The second-order valence-electron chi connectivity index (χ2n) is 3.71. The third-order valence-electron chi connectivity index (χ3n) is 2.10. The van der Waals surface area contributed by atoms with Crippen LogP contribution in [-0.2, 0) is 4.79 Å². The average molecular weight is 167 g/mol. The molecule has 0 aromatic heterocycles. The zero-order chi connectivity index (χ0) is 8.97. The Balaban J connectivity index is 2.19. The van der Waals surface area contributed by atoms with E-state index in [1.807, 2.05) is 19.9 Å². The van der Waals surface area contributed by atoms with Gasteiger partial charge < -0.3 is 5.32 Å². The van der Waals surface area contributed by atoms with Crippen molar-refractivity contribution in [1.82, 2.24) is 5.32 Å². The number of rotatable bonds is 3. The van der Waals surface area contributed by atoms with Crippen LogP contribution in [0.4, 0.5) is 0 Å². The molecule has 1 aliphatic rings. The van der Waals surface area contributed by atoms with E-state index in [0.29, 0.717) is 5.92 Å². The average Bonchev–Trinajstić information content (AvgIpc) is 1.81. The minimum Gasteiger partial charge on any atom is -0.350 e. The number of hydrogen-bond acceptors (Lipinski definition) is 1. The molecule has 0 saturated heterocycles. The highest BCUT2D eigenvalue weighted by Gasteiger charge is 2.13. The smallest absolute Gasteiger partial charge is 0.243 e. The fraction of sp³-hybridized carbons (Fsp3) is 0.700. The Kier molecular flexibility index (Phi) is 3.32. The van der Waals surface area contributed by atoms with Crippen LogP contribution in [0.25, 0.3) is 0 Å². The molecule has 1 aliphatic carbocycles. The minimum atomic E-state index is 0.0388. The number of nitrogens with one attached hydrogen (secondary N) is 1. The number of allylic oxidation sites excluding steroid dienone is 1. The summed E-state index contributed by atoms with van der Waals surface area (Å²) in [5, 5.41) is 2.82. The Bertz CT molecular complexity index is 180. The van der Waals surface area contributed by atoms with Gasteiger partial charge >= 0.3 is 0 Å². The van der Waals surface area contributed by atoms with Crippen molar-refractivity contribution in [2.24, 2.45) is 5.92 Å². The lowest BCUT2D eigenvalue weighted by Crippen LogP contribution is -2.28. The van der Waals surface area contributed by atoms with Gasteiger partial charge in [0.2, 0.25) is 5.91 Å². The summed E-state index contributed by atoms with van der Waals surface area (Å²) in [7, 11) is 0. The van der Waals surface area contributed by atoms with Gasteiger partial charge in [-0.25, -0.2) is 0 Å². The van der Waals surface area contributed by atoms with E-state index in [4.69, 9.17) is 0 Å². The first-order chi connectivity index (χ1) is 5.68. The van der Waals surface area contributed by atoms with Gasteiger partial charge in [-0.05, 0) is 38.7 Å².